The Bertz CT molecular complexity index is 1350. The van der Waals surface area contributed by atoms with Gasteiger partial charge in [-0.25, -0.2) is 8.42 Å². The van der Waals surface area contributed by atoms with E-state index < -0.39 is 22.0 Å². The molecule has 3 heterocycles. The number of hydrogen-bond acceptors (Lipinski definition) is 6. The molecule has 0 amide bonds. The maximum atomic E-state index is 12.8. The highest BCUT2D eigenvalue weighted by atomic mass is 32.2. The van der Waals surface area contributed by atoms with Crippen molar-refractivity contribution in [2.24, 2.45) is 5.92 Å². The van der Waals surface area contributed by atoms with Crippen LogP contribution < -0.4 is 4.72 Å². The first-order chi connectivity index (χ1) is 15.5. The van der Waals surface area contributed by atoms with Gasteiger partial charge in [0.15, 0.2) is 0 Å². The van der Waals surface area contributed by atoms with E-state index in [9.17, 15) is 21.6 Å². The number of aromatic nitrogens is 1. The average Bonchev–Trinajstić information content (AvgIpc) is 3.47. The minimum Gasteiger partial charge on any atom is -0.351 e. The van der Waals surface area contributed by atoms with E-state index in [1.807, 2.05) is 12.1 Å². The fourth-order valence-corrected chi connectivity index (χ4v) is 6.37. The van der Waals surface area contributed by atoms with E-state index in [1.165, 1.54) is 29.0 Å². The molecule has 0 aliphatic carbocycles. The fourth-order valence-electron chi connectivity index (χ4n) is 3.15. The van der Waals surface area contributed by atoms with Crippen LogP contribution in [0.2, 0.25) is 0 Å². The Morgan fingerprint density at radius 1 is 1.06 bits per heavy atom. The first kappa shape index (κ1) is 23.5. The monoisotopic (exact) mass is 512 g/mol. The average molecular weight is 513 g/mol. The third-order valence-corrected chi connectivity index (χ3v) is 8.58. The minimum absolute atomic E-state index is 0.0418. The zero-order valence-corrected chi connectivity index (χ0v) is 20.0. The maximum absolute atomic E-state index is 12.8. The molecule has 11 heteroatoms. The molecule has 3 aromatic heterocycles. The van der Waals surface area contributed by atoms with E-state index >= 15 is 0 Å². The van der Waals surface area contributed by atoms with E-state index in [-0.39, 0.29) is 14.8 Å². The van der Waals surface area contributed by atoms with E-state index in [1.54, 1.807) is 11.4 Å². The summed E-state index contributed by atoms with van der Waals surface area (Å²) in [6, 6.07) is 13.4. The predicted octanol–water partition coefficient (Wildman–Crippen LogP) is 7.15. The van der Waals surface area contributed by atoms with Gasteiger partial charge in [0.05, 0.1) is 10.6 Å². The summed E-state index contributed by atoms with van der Waals surface area (Å²) in [5.41, 5.74) is 2.57. The summed E-state index contributed by atoms with van der Waals surface area (Å²) in [7, 11) is -3.92. The number of nitrogens with zero attached hydrogens (tertiary/aromatic N) is 1. The number of rotatable bonds is 7. The van der Waals surface area contributed by atoms with Crippen molar-refractivity contribution in [1.82, 2.24) is 5.16 Å². The zero-order chi connectivity index (χ0) is 23.8. The number of alkyl halides is 3. The normalized spacial score (nSPS) is 12.4. The Hall–Kier alpha value is -2.63. The van der Waals surface area contributed by atoms with E-state index in [0.29, 0.717) is 11.6 Å². The first-order valence-electron chi connectivity index (χ1n) is 9.86. The van der Waals surface area contributed by atoms with Crippen molar-refractivity contribution in [3.63, 3.8) is 0 Å². The topological polar surface area (TPSA) is 72.2 Å². The van der Waals surface area contributed by atoms with Gasteiger partial charge >= 0.3 is 6.18 Å². The van der Waals surface area contributed by atoms with Crippen LogP contribution in [0.3, 0.4) is 0 Å². The van der Waals surface area contributed by atoms with Crippen molar-refractivity contribution in [2.75, 3.05) is 4.72 Å². The fraction of sp³-hybridized carbons (Fsp3) is 0.227. The molecule has 33 heavy (non-hydrogen) atoms. The summed E-state index contributed by atoms with van der Waals surface area (Å²) >= 11 is 2.22. The van der Waals surface area contributed by atoms with Crippen molar-refractivity contribution < 1.29 is 26.1 Å². The van der Waals surface area contributed by atoms with Crippen molar-refractivity contribution in [3.8, 4) is 21.0 Å². The molecule has 0 spiro atoms. The molecule has 0 bridgehead atoms. The van der Waals surface area contributed by atoms with E-state index in [0.717, 1.165) is 34.3 Å². The van der Waals surface area contributed by atoms with Crippen LogP contribution in [-0.4, -0.2) is 13.6 Å². The van der Waals surface area contributed by atoms with Gasteiger partial charge in [0.1, 0.15) is 9.90 Å². The summed E-state index contributed by atoms with van der Waals surface area (Å²) < 4.78 is 70.5. The van der Waals surface area contributed by atoms with Gasteiger partial charge in [-0.05, 0) is 41.7 Å². The smallest absolute Gasteiger partial charge is 0.351 e. The van der Waals surface area contributed by atoms with Gasteiger partial charge in [-0.15, -0.1) is 22.7 Å². The number of nitrogens with one attached hydrogen (secondary N) is 1. The molecule has 1 aromatic carbocycles. The Morgan fingerprint density at radius 3 is 2.42 bits per heavy atom. The van der Waals surface area contributed by atoms with Crippen LogP contribution in [0.5, 0.6) is 0 Å². The number of sulfonamides is 1. The lowest BCUT2D eigenvalue weighted by Crippen LogP contribution is -2.10. The molecular formula is C22H19F3N2O3S3. The molecular weight excluding hydrogens is 493 g/mol. The highest BCUT2D eigenvalue weighted by Crippen LogP contribution is 2.36. The van der Waals surface area contributed by atoms with E-state index in [4.69, 9.17) is 0 Å². The quantitative estimate of drug-likeness (QED) is 0.285. The molecule has 0 fully saturated rings. The van der Waals surface area contributed by atoms with Crippen molar-refractivity contribution in [3.05, 3.63) is 65.2 Å². The number of thiophene rings is 2. The molecule has 4 aromatic rings. The Balaban J connectivity index is 1.49. The van der Waals surface area contributed by atoms with Crippen molar-refractivity contribution in [2.45, 2.75) is 30.7 Å². The van der Waals surface area contributed by atoms with Gasteiger partial charge < -0.3 is 4.52 Å². The molecule has 0 aliphatic rings. The molecule has 174 valence electrons. The van der Waals surface area contributed by atoms with Gasteiger partial charge in [0.2, 0.25) is 5.76 Å². The zero-order valence-electron chi connectivity index (χ0n) is 17.5. The van der Waals surface area contributed by atoms with Crippen LogP contribution in [0.1, 0.15) is 25.2 Å². The number of anilines is 1. The summed E-state index contributed by atoms with van der Waals surface area (Å²) in [6.45, 7) is 4.32. The van der Waals surface area contributed by atoms with Crippen LogP contribution >= 0.6 is 22.7 Å². The maximum Gasteiger partial charge on any atom is 0.452 e. The van der Waals surface area contributed by atoms with Crippen LogP contribution in [0.25, 0.3) is 21.0 Å². The highest BCUT2D eigenvalue weighted by molar-refractivity contribution is 7.94. The van der Waals surface area contributed by atoms with E-state index in [2.05, 4.69) is 40.4 Å². The first-order valence-corrected chi connectivity index (χ1v) is 13.0. The summed E-state index contributed by atoms with van der Waals surface area (Å²) in [5.74, 6) is -0.677. The molecule has 0 unspecified atom stereocenters. The Kier molecular flexibility index (Phi) is 6.39. The van der Waals surface area contributed by atoms with Gasteiger partial charge in [-0.1, -0.05) is 43.3 Å². The lowest BCUT2D eigenvalue weighted by Gasteiger charge is -2.05. The Morgan fingerprint density at radius 2 is 1.79 bits per heavy atom. The third kappa shape index (κ3) is 5.48. The number of benzene rings is 1. The van der Waals surface area contributed by atoms with Crippen LogP contribution in [0.4, 0.5) is 18.9 Å². The summed E-state index contributed by atoms with van der Waals surface area (Å²) in [5, 5.41) is 5.10. The van der Waals surface area contributed by atoms with Gasteiger partial charge in [0.25, 0.3) is 10.0 Å². The molecule has 0 saturated heterocycles. The standard InChI is InChI=1S/C22H19F3N2O3S3/c1-13(2)9-14-3-5-15(6-4-14)19-10-16(12-31-19)27-33(28,29)21-8-7-18(32-21)17-11-20(30-26-17)22(23,24)25/h3-8,10-13,27H,9H2,1-2H3. The van der Waals surface area contributed by atoms with Crippen molar-refractivity contribution in [1.29, 1.82) is 0 Å². The molecule has 1 N–H and O–H groups in total. The van der Waals surface area contributed by atoms with Crippen LogP contribution in [-0.2, 0) is 22.6 Å². The van der Waals surface area contributed by atoms with Gasteiger partial charge in [-0.3, -0.25) is 4.72 Å². The van der Waals surface area contributed by atoms with Crippen LogP contribution in [0, 0.1) is 5.92 Å². The number of hydrogen-bond donors (Lipinski definition) is 1. The number of halogens is 3. The SMILES string of the molecule is CC(C)Cc1ccc(-c2cc(NS(=O)(=O)c3ccc(-c4cc(C(F)(F)F)on4)s3)cs2)cc1. The van der Waals surface area contributed by atoms with Crippen LogP contribution in [0.15, 0.2) is 62.6 Å². The summed E-state index contributed by atoms with van der Waals surface area (Å²) in [6.07, 6.45) is -3.67. The third-order valence-electron chi connectivity index (χ3n) is 4.62. The Labute approximate surface area is 196 Å². The second-order valence-corrected chi connectivity index (χ2v) is 11.7. The molecule has 5 nitrogen and oxygen atoms in total. The molecule has 4 rings (SSSR count). The molecule has 0 saturated carbocycles. The lowest BCUT2D eigenvalue weighted by atomic mass is 10.0. The predicted molar refractivity (Wildman–Crippen MR) is 124 cm³/mol. The van der Waals surface area contributed by atoms with Crippen molar-refractivity contribution >= 4 is 38.4 Å². The summed E-state index contributed by atoms with van der Waals surface area (Å²) in [4.78, 5) is 1.17. The second-order valence-electron chi connectivity index (χ2n) is 7.79. The van der Waals surface area contributed by atoms with Gasteiger partial charge in [-0.2, -0.15) is 13.2 Å². The molecule has 0 aliphatic heterocycles. The van der Waals surface area contributed by atoms with Gasteiger partial charge in [0, 0.05) is 16.3 Å². The molecule has 0 radical (unpaired) electrons. The molecule has 0 atom stereocenters. The minimum atomic E-state index is -4.66. The highest BCUT2D eigenvalue weighted by Gasteiger charge is 2.36. The lowest BCUT2D eigenvalue weighted by molar-refractivity contribution is -0.155. The second kappa shape index (κ2) is 8.96. The largest absolute Gasteiger partial charge is 0.452 e.